The van der Waals surface area contributed by atoms with Crippen LogP contribution in [0.5, 0.6) is 5.88 Å². The standard InChI is InChI=1S/C18H20FN3O3S.2C2HF3O2/c19-16-4-2-7-21-17(16)25-11-15-5-8-26(23,24)18(15)12-22(13-18)10-14-3-1-6-20-9-14;2*3-2(4,5)1(6)7/h1-4,6-7,9,15H,5,8,10-13H2;2*(H,6,7). The third kappa shape index (κ3) is 8.48. The van der Waals surface area contributed by atoms with E-state index in [0.717, 1.165) is 5.56 Å². The number of halogens is 7. The van der Waals surface area contributed by atoms with Crippen molar-refractivity contribution in [1.29, 1.82) is 0 Å². The number of rotatable bonds is 5. The summed E-state index contributed by atoms with van der Waals surface area (Å²) < 4.78 is 107. The Kier molecular flexibility index (Phi) is 10.4. The average molecular weight is 605 g/mol. The number of likely N-dealkylation sites (tertiary alicyclic amines) is 1. The zero-order valence-corrected chi connectivity index (χ0v) is 21.0. The Bertz CT molecular complexity index is 1250. The second-order valence-corrected chi connectivity index (χ2v) is 11.0. The lowest BCUT2D eigenvalue weighted by molar-refractivity contribution is -0.193. The molecule has 0 aliphatic carbocycles. The fourth-order valence-electron chi connectivity index (χ4n) is 3.94. The van der Waals surface area contributed by atoms with Crippen LogP contribution in [0.4, 0.5) is 30.7 Å². The third-order valence-electron chi connectivity index (χ3n) is 5.84. The molecule has 2 aliphatic heterocycles. The summed E-state index contributed by atoms with van der Waals surface area (Å²) in [7, 11) is -3.19. The normalized spacial score (nSPS) is 19.3. The van der Waals surface area contributed by atoms with Crippen molar-refractivity contribution in [3.05, 3.63) is 54.2 Å². The SMILES string of the molecule is O=C(O)C(F)(F)F.O=C(O)C(F)(F)F.O=S1(=O)CCC(COc2ncccc2F)C12CN(Cc1cccnc1)C2. The Morgan fingerprint density at radius 3 is 2.05 bits per heavy atom. The van der Waals surface area contributed by atoms with Gasteiger partial charge in [-0.05, 0) is 30.2 Å². The van der Waals surface area contributed by atoms with Crippen LogP contribution in [-0.4, -0.2) is 88.0 Å². The molecule has 222 valence electrons. The van der Waals surface area contributed by atoms with Crippen LogP contribution < -0.4 is 4.74 Å². The summed E-state index contributed by atoms with van der Waals surface area (Å²) >= 11 is 0. The first-order chi connectivity index (χ1) is 18.4. The first-order valence-electron chi connectivity index (χ1n) is 11.1. The van der Waals surface area contributed by atoms with E-state index in [2.05, 4.69) is 14.9 Å². The average Bonchev–Trinajstić information content (AvgIpc) is 3.09. The summed E-state index contributed by atoms with van der Waals surface area (Å²) in [5, 5.41) is 14.2. The van der Waals surface area contributed by atoms with Gasteiger partial charge in [0.2, 0.25) is 5.88 Å². The van der Waals surface area contributed by atoms with Gasteiger partial charge >= 0.3 is 24.3 Å². The molecule has 2 aliphatic rings. The number of ether oxygens (including phenoxy) is 1. The Labute approximate surface area is 222 Å². The van der Waals surface area contributed by atoms with Gasteiger partial charge in [-0.2, -0.15) is 26.3 Å². The van der Waals surface area contributed by atoms with Gasteiger partial charge in [-0.3, -0.25) is 9.88 Å². The molecular weight excluding hydrogens is 583 g/mol. The molecule has 2 saturated heterocycles. The van der Waals surface area contributed by atoms with E-state index in [0.29, 0.717) is 26.1 Å². The monoisotopic (exact) mass is 605 g/mol. The predicted molar refractivity (Wildman–Crippen MR) is 121 cm³/mol. The van der Waals surface area contributed by atoms with Crippen molar-refractivity contribution in [3.63, 3.8) is 0 Å². The van der Waals surface area contributed by atoms with E-state index >= 15 is 0 Å². The maximum Gasteiger partial charge on any atom is 0.490 e. The van der Waals surface area contributed by atoms with Crippen molar-refractivity contribution in [2.45, 2.75) is 30.1 Å². The second kappa shape index (κ2) is 12.8. The van der Waals surface area contributed by atoms with E-state index in [1.54, 1.807) is 12.4 Å². The minimum absolute atomic E-state index is 0.0708. The Morgan fingerprint density at radius 2 is 1.57 bits per heavy atom. The van der Waals surface area contributed by atoms with Crippen molar-refractivity contribution in [1.82, 2.24) is 14.9 Å². The predicted octanol–water partition coefficient (Wildman–Crippen LogP) is 2.95. The third-order valence-corrected chi connectivity index (χ3v) is 8.44. The lowest BCUT2D eigenvalue weighted by atomic mass is 9.83. The van der Waals surface area contributed by atoms with Crippen molar-refractivity contribution < 1.29 is 63.7 Å². The lowest BCUT2D eigenvalue weighted by Crippen LogP contribution is -2.67. The summed E-state index contributed by atoms with van der Waals surface area (Å²) in [5.74, 6) is -6.11. The second-order valence-electron chi connectivity index (χ2n) is 8.58. The van der Waals surface area contributed by atoms with Crippen LogP contribution in [0.1, 0.15) is 12.0 Å². The van der Waals surface area contributed by atoms with E-state index in [-0.39, 0.29) is 24.2 Å². The molecule has 1 unspecified atom stereocenters. The minimum atomic E-state index is -5.08. The van der Waals surface area contributed by atoms with Crippen LogP contribution in [0, 0.1) is 11.7 Å². The highest BCUT2D eigenvalue weighted by atomic mass is 32.2. The number of alkyl halides is 6. The molecule has 2 aromatic rings. The van der Waals surface area contributed by atoms with Gasteiger partial charge in [0, 0.05) is 44.1 Å². The van der Waals surface area contributed by atoms with Gasteiger partial charge in [-0.1, -0.05) is 6.07 Å². The van der Waals surface area contributed by atoms with Crippen molar-refractivity contribution in [2.24, 2.45) is 5.92 Å². The number of carboxylic acid groups (broad SMARTS) is 2. The van der Waals surface area contributed by atoms with Crippen molar-refractivity contribution in [3.8, 4) is 5.88 Å². The molecule has 4 rings (SSSR count). The first kappa shape index (κ1) is 32.7. The van der Waals surface area contributed by atoms with Gasteiger partial charge in [-0.15, -0.1) is 0 Å². The topological polar surface area (TPSA) is 147 Å². The molecule has 0 amide bonds. The molecule has 0 aromatic carbocycles. The van der Waals surface area contributed by atoms with Gasteiger partial charge in [-0.25, -0.2) is 27.4 Å². The summed E-state index contributed by atoms with van der Waals surface area (Å²) in [6, 6.07) is 6.62. The molecule has 40 heavy (non-hydrogen) atoms. The van der Waals surface area contributed by atoms with E-state index in [4.69, 9.17) is 24.5 Å². The Hall–Kier alpha value is -3.54. The maximum atomic E-state index is 13.7. The highest BCUT2D eigenvalue weighted by molar-refractivity contribution is 7.93. The molecule has 0 radical (unpaired) electrons. The summed E-state index contributed by atoms with van der Waals surface area (Å²) in [5.41, 5.74) is 1.06. The number of sulfone groups is 1. The first-order valence-corrected chi connectivity index (χ1v) is 12.7. The zero-order chi connectivity index (χ0) is 30.4. The van der Waals surface area contributed by atoms with Gasteiger partial charge in [0.15, 0.2) is 15.7 Å². The van der Waals surface area contributed by atoms with Crippen LogP contribution in [-0.2, 0) is 26.0 Å². The number of carboxylic acids is 2. The minimum Gasteiger partial charge on any atom is -0.475 e. The summed E-state index contributed by atoms with van der Waals surface area (Å²) in [6.07, 6.45) is -4.67. The molecule has 2 aromatic heterocycles. The Morgan fingerprint density at radius 1 is 1.02 bits per heavy atom. The van der Waals surface area contributed by atoms with E-state index in [9.17, 15) is 39.2 Å². The van der Waals surface area contributed by atoms with Crippen LogP contribution >= 0.6 is 0 Å². The molecule has 2 fully saturated rings. The van der Waals surface area contributed by atoms with E-state index < -0.39 is 44.7 Å². The number of aromatic nitrogens is 2. The molecule has 10 nitrogen and oxygen atoms in total. The lowest BCUT2D eigenvalue weighted by Gasteiger charge is -2.49. The number of carbonyl (C=O) groups is 2. The van der Waals surface area contributed by atoms with Gasteiger partial charge in [0.05, 0.1) is 12.4 Å². The maximum absolute atomic E-state index is 13.7. The highest BCUT2D eigenvalue weighted by Crippen LogP contribution is 2.45. The number of hydrogen-bond acceptors (Lipinski definition) is 8. The summed E-state index contributed by atoms with van der Waals surface area (Å²) in [6.45, 7) is 1.79. The van der Waals surface area contributed by atoms with Gasteiger partial charge < -0.3 is 14.9 Å². The summed E-state index contributed by atoms with van der Waals surface area (Å²) in [4.78, 5) is 27.9. The zero-order valence-electron chi connectivity index (χ0n) is 20.2. The molecule has 4 heterocycles. The number of hydrogen-bond donors (Lipinski definition) is 2. The molecule has 2 N–H and O–H groups in total. The Balaban J connectivity index is 0.000000333. The molecule has 18 heteroatoms. The molecule has 0 saturated carbocycles. The fraction of sp³-hybridized carbons (Fsp3) is 0.455. The number of aliphatic carboxylic acids is 2. The van der Waals surface area contributed by atoms with Crippen LogP contribution in [0.15, 0.2) is 42.9 Å². The molecule has 0 bridgehead atoms. The van der Waals surface area contributed by atoms with Crippen LogP contribution in [0.25, 0.3) is 0 Å². The van der Waals surface area contributed by atoms with Crippen molar-refractivity contribution >= 4 is 21.8 Å². The smallest absolute Gasteiger partial charge is 0.475 e. The quantitative estimate of drug-likeness (QED) is 0.488. The van der Waals surface area contributed by atoms with Gasteiger partial charge in [0.25, 0.3) is 0 Å². The fourth-order valence-corrected chi connectivity index (χ4v) is 6.39. The highest BCUT2D eigenvalue weighted by Gasteiger charge is 2.61. The molecular formula is C22H22F7N3O7S. The number of nitrogens with zero attached hydrogens (tertiary/aromatic N) is 3. The van der Waals surface area contributed by atoms with Crippen LogP contribution in [0.2, 0.25) is 0 Å². The molecule has 1 spiro atoms. The largest absolute Gasteiger partial charge is 0.490 e. The van der Waals surface area contributed by atoms with Gasteiger partial charge in [0.1, 0.15) is 4.75 Å². The van der Waals surface area contributed by atoms with E-state index in [1.165, 1.54) is 18.3 Å². The number of pyridine rings is 2. The van der Waals surface area contributed by atoms with Crippen LogP contribution in [0.3, 0.4) is 0 Å². The van der Waals surface area contributed by atoms with E-state index in [1.807, 2.05) is 12.1 Å². The van der Waals surface area contributed by atoms with Crippen molar-refractivity contribution in [2.75, 3.05) is 25.4 Å². The molecule has 1 atom stereocenters.